The summed E-state index contributed by atoms with van der Waals surface area (Å²) in [7, 11) is 1.32. The summed E-state index contributed by atoms with van der Waals surface area (Å²) in [6, 6.07) is 15.9. The zero-order chi connectivity index (χ0) is 20.1. The van der Waals surface area contributed by atoms with Crippen LogP contribution in [0.5, 0.6) is 0 Å². The summed E-state index contributed by atoms with van der Waals surface area (Å²) < 4.78 is 18.8. The topological polar surface area (TPSA) is 50.4 Å². The van der Waals surface area contributed by atoms with E-state index in [4.69, 9.17) is 28.6 Å². The Morgan fingerprint density at radius 1 is 1.18 bits per heavy atom. The average Bonchev–Trinajstić information content (AvgIpc) is 3.06. The molecular weight excluding hydrogens is 419 g/mol. The number of nitrogens with one attached hydrogen (secondary N) is 2. The van der Waals surface area contributed by atoms with E-state index in [9.17, 15) is 9.18 Å². The minimum atomic E-state index is -0.527. The van der Waals surface area contributed by atoms with Crippen molar-refractivity contribution in [1.29, 1.82) is 0 Å². The molecule has 0 bridgehead atoms. The second-order valence-corrected chi connectivity index (χ2v) is 7.79. The fourth-order valence-electron chi connectivity index (χ4n) is 2.53. The Labute approximate surface area is 176 Å². The predicted octanol–water partition coefficient (Wildman–Crippen LogP) is 5.73. The summed E-state index contributed by atoms with van der Waals surface area (Å²) in [5.74, 6) is -1.00. The van der Waals surface area contributed by atoms with Crippen molar-refractivity contribution in [3.05, 3.63) is 81.4 Å². The van der Waals surface area contributed by atoms with Crippen LogP contribution in [0.3, 0.4) is 0 Å². The van der Waals surface area contributed by atoms with E-state index < -0.39 is 11.8 Å². The summed E-state index contributed by atoms with van der Waals surface area (Å²) in [6.45, 7) is 0. The smallest absolute Gasteiger partial charge is 0.340 e. The van der Waals surface area contributed by atoms with Crippen molar-refractivity contribution >= 4 is 56.9 Å². The first-order valence-corrected chi connectivity index (χ1v) is 9.84. The summed E-state index contributed by atoms with van der Waals surface area (Å²) >= 11 is 12.4. The Kier molecular flexibility index (Phi) is 6.61. The molecule has 2 N–H and O–H groups in total. The number of thiocarbonyl (C=S) groups is 1. The van der Waals surface area contributed by atoms with E-state index in [0.29, 0.717) is 22.0 Å². The van der Waals surface area contributed by atoms with Crippen molar-refractivity contribution in [3.63, 3.8) is 0 Å². The molecule has 3 aromatic rings. The van der Waals surface area contributed by atoms with Gasteiger partial charge in [0.15, 0.2) is 5.11 Å². The second kappa shape index (κ2) is 9.14. The van der Waals surface area contributed by atoms with E-state index in [1.54, 1.807) is 12.1 Å². The molecule has 144 valence electrons. The summed E-state index contributed by atoms with van der Waals surface area (Å²) in [5, 5.41) is 6.71. The summed E-state index contributed by atoms with van der Waals surface area (Å²) in [6.07, 6.45) is 0.670. The molecule has 0 radical (unpaired) electrons. The number of carbonyl (C=O) groups is 1. The Bertz CT molecular complexity index is 1010. The number of ether oxygens (including phenoxy) is 1. The highest BCUT2D eigenvalue weighted by atomic mass is 35.5. The van der Waals surface area contributed by atoms with Crippen LogP contribution in [-0.4, -0.2) is 18.2 Å². The quantitative estimate of drug-likeness (QED) is 0.397. The molecule has 0 aliphatic heterocycles. The summed E-state index contributed by atoms with van der Waals surface area (Å²) in [4.78, 5) is 13.1. The van der Waals surface area contributed by atoms with Gasteiger partial charge in [-0.05, 0) is 42.0 Å². The lowest BCUT2D eigenvalue weighted by Gasteiger charge is -2.11. The number of carbonyl (C=O) groups excluding carboxylic acids is 1. The SMILES string of the molecule is COC(=O)c1cc(Cc2ccccc2)sc1NC(=S)Nc1ccc(Cl)cc1F. The molecule has 0 fully saturated rings. The molecule has 28 heavy (non-hydrogen) atoms. The number of anilines is 2. The zero-order valence-corrected chi connectivity index (χ0v) is 17.2. The number of rotatable bonds is 5. The average molecular weight is 435 g/mol. The van der Waals surface area contributed by atoms with E-state index in [2.05, 4.69) is 10.6 Å². The van der Waals surface area contributed by atoms with Crippen LogP contribution in [0.2, 0.25) is 5.02 Å². The van der Waals surface area contributed by atoms with Gasteiger partial charge in [-0.2, -0.15) is 0 Å². The lowest BCUT2D eigenvalue weighted by molar-refractivity contribution is 0.0602. The molecule has 4 nitrogen and oxygen atoms in total. The van der Waals surface area contributed by atoms with E-state index in [-0.39, 0.29) is 10.8 Å². The van der Waals surface area contributed by atoms with Gasteiger partial charge in [0.2, 0.25) is 0 Å². The lowest BCUT2D eigenvalue weighted by Crippen LogP contribution is -2.20. The van der Waals surface area contributed by atoms with E-state index in [1.807, 2.05) is 30.3 Å². The molecule has 1 heterocycles. The molecule has 8 heteroatoms. The molecular formula is C20H16ClFN2O2S2. The first-order valence-electron chi connectivity index (χ1n) is 8.24. The van der Waals surface area contributed by atoms with Gasteiger partial charge in [0.25, 0.3) is 0 Å². The summed E-state index contributed by atoms with van der Waals surface area (Å²) in [5.41, 5.74) is 1.68. The Balaban J connectivity index is 1.79. The van der Waals surface area contributed by atoms with Crippen LogP contribution in [0.1, 0.15) is 20.8 Å². The van der Waals surface area contributed by atoms with Gasteiger partial charge in [0.1, 0.15) is 10.8 Å². The van der Waals surface area contributed by atoms with E-state index in [1.165, 1.54) is 30.6 Å². The van der Waals surface area contributed by atoms with Crippen LogP contribution in [-0.2, 0) is 11.2 Å². The van der Waals surface area contributed by atoms with Crippen molar-refractivity contribution in [3.8, 4) is 0 Å². The van der Waals surface area contributed by atoms with Gasteiger partial charge in [0.05, 0.1) is 18.4 Å². The number of esters is 1. The number of hydrogen-bond donors (Lipinski definition) is 2. The molecule has 0 aliphatic carbocycles. The molecule has 3 rings (SSSR count). The Hall–Kier alpha value is -2.48. The van der Waals surface area contributed by atoms with Gasteiger partial charge in [-0.15, -0.1) is 11.3 Å². The maximum Gasteiger partial charge on any atom is 0.340 e. The highest BCUT2D eigenvalue weighted by Crippen LogP contribution is 2.31. The van der Waals surface area contributed by atoms with Crippen LogP contribution in [0.25, 0.3) is 0 Å². The third-order valence-electron chi connectivity index (χ3n) is 3.82. The predicted molar refractivity (Wildman–Crippen MR) is 116 cm³/mol. The number of benzene rings is 2. The molecule has 0 saturated carbocycles. The minimum Gasteiger partial charge on any atom is -0.465 e. The molecule has 0 atom stereocenters. The monoisotopic (exact) mass is 434 g/mol. The zero-order valence-electron chi connectivity index (χ0n) is 14.8. The van der Waals surface area contributed by atoms with Crippen LogP contribution in [0.4, 0.5) is 15.1 Å². The van der Waals surface area contributed by atoms with Crippen LogP contribution in [0, 0.1) is 5.82 Å². The van der Waals surface area contributed by atoms with E-state index in [0.717, 1.165) is 10.4 Å². The van der Waals surface area contributed by atoms with Gasteiger partial charge < -0.3 is 15.4 Å². The van der Waals surface area contributed by atoms with Crippen LogP contribution >= 0.6 is 35.2 Å². The Morgan fingerprint density at radius 3 is 2.61 bits per heavy atom. The molecule has 0 amide bonds. The maximum atomic E-state index is 14.0. The highest BCUT2D eigenvalue weighted by molar-refractivity contribution is 7.80. The highest BCUT2D eigenvalue weighted by Gasteiger charge is 2.18. The van der Waals surface area contributed by atoms with Gasteiger partial charge in [-0.25, -0.2) is 9.18 Å². The van der Waals surface area contributed by atoms with Crippen molar-refractivity contribution in [2.24, 2.45) is 0 Å². The normalized spacial score (nSPS) is 10.4. The number of methoxy groups -OCH3 is 1. The fourth-order valence-corrected chi connectivity index (χ4v) is 4.05. The molecule has 0 spiro atoms. The van der Waals surface area contributed by atoms with Gasteiger partial charge >= 0.3 is 5.97 Å². The molecule has 0 unspecified atom stereocenters. The maximum absolute atomic E-state index is 14.0. The van der Waals surface area contributed by atoms with E-state index >= 15 is 0 Å². The lowest BCUT2D eigenvalue weighted by atomic mass is 10.1. The van der Waals surface area contributed by atoms with Gasteiger partial charge in [-0.1, -0.05) is 41.9 Å². The minimum absolute atomic E-state index is 0.152. The van der Waals surface area contributed by atoms with Gasteiger partial charge in [-0.3, -0.25) is 0 Å². The molecule has 2 aromatic carbocycles. The van der Waals surface area contributed by atoms with Crippen LogP contribution in [0.15, 0.2) is 54.6 Å². The first kappa shape index (κ1) is 20.3. The standard InChI is InChI=1S/C20H16ClFN2O2S2/c1-26-19(25)15-11-14(9-12-5-3-2-4-6-12)28-18(15)24-20(27)23-17-8-7-13(21)10-16(17)22/h2-8,10-11H,9H2,1H3,(H2,23,24,27). The van der Waals surface area contributed by atoms with Crippen molar-refractivity contribution < 1.29 is 13.9 Å². The Morgan fingerprint density at radius 2 is 1.93 bits per heavy atom. The molecule has 0 saturated heterocycles. The van der Waals surface area contributed by atoms with Crippen molar-refractivity contribution in [1.82, 2.24) is 0 Å². The number of halogens is 2. The number of hydrogen-bond acceptors (Lipinski definition) is 4. The van der Waals surface area contributed by atoms with Gasteiger partial charge in [0, 0.05) is 16.3 Å². The second-order valence-electron chi connectivity index (χ2n) is 5.81. The van der Waals surface area contributed by atoms with Crippen LogP contribution < -0.4 is 10.6 Å². The molecule has 0 aliphatic rings. The molecule has 1 aromatic heterocycles. The van der Waals surface area contributed by atoms with Crippen molar-refractivity contribution in [2.45, 2.75) is 6.42 Å². The fraction of sp³-hybridized carbons (Fsp3) is 0.100. The van der Waals surface area contributed by atoms with Crippen molar-refractivity contribution in [2.75, 3.05) is 17.7 Å². The first-order chi connectivity index (χ1) is 13.5. The largest absolute Gasteiger partial charge is 0.465 e. The third-order valence-corrected chi connectivity index (χ3v) is 5.31. The number of thiophene rings is 1. The third kappa shape index (κ3) is 5.07.